The van der Waals surface area contributed by atoms with Crippen LogP contribution in [0, 0.1) is 5.82 Å². The van der Waals surface area contributed by atoms with Gasteiger partial charge in [0.2, 0.25) is 5.78 Å². The number of carbonyl (C=O) groups is 2. The van der Waals surface area contributed by atoms with E-state index in [-0.39, 0.29) is 23.0 Å². The number of ether oxygens (including phenoxy) is 1. The highest BCUT2D eigenvalue weighted by molar-refractivity contribution is 6.17. The molecule has 0 radical (unpaired) electrons. The van der Waals surface area contributed by atoms with E-state index in [1.54, 1.807) is 60.7 Å². The number of hydrogen-bond acceptors (Lipinski definition) is 4. The molecule has 1 N–H and O–H groups in total. The number of amides is 1. The quantitative estimate of drug-likeness (QED) is 0.449. The standard InChI is InChI=1S/C24H18FNO4/c1-15(29-20-14-8-6-12-18(20)25)24(28)26-21-17-11-5-7-13-19(17)30-23(21)22(27)16-9-3-2-4-10-16/h2-15H,1H3,(H,26,28). The Balaban J connectivity index is 1.65. The first-order valence-corrected chi connectivity index (χ1v) is 9.38. The first kappa shape index (κ1) is 19.4. The zero-order valence-corrected chi connectivity index (χ0v) is 16.1. The van der Waals surface area contributed by atoms with Gasteiger partial charge in [-0.15, -0.1) is 0 Å². The summed E-state index contributed by atoms with van der Waals surface area (Å²) in [6, 6.07) is 21.5. The lowest BCUT2D eigenvalue weighted by atomic mass is 10.1. The number of hydrogen-bond donors (Lipinski definition) is 1. The summed E-state index contributed by atoms with van der Waals surface area (Å²) in [5.74, 6) is -1.46. The first-order valence-electron chi connectivity index (χ1n) is 9.38. The van der Waals surface area contributed by atoms with E-state index in [1.165, 1.54) is 25.1 Å². The number of ketones is 1. The molecule has 1 atom stereocenters. The number of halogens is 1. The van der Waals surface area contributed by atoms with Crippen molar-refractivity contribution < 1.29 is 23.1 Å². The molecule has 4 aromatic rings. The second kappa shape index (κ2) is 8.21. The Kier molecular flexibility index (Phi) is 5.30. The van der Waals surface area contributed by atoms with Gasteiger partial charge in [0, 0.05) is 10.9 Å². The Bertz CT molecular complexity index is 1220. The van der Waals surface area contributed by atoms with Crippen molar-refractivity contribution in [3.63, 3.8) is 0 Å². The van der Waals surface area contributed by atoms with Crippen LogP contribution in [0.4, 0.5) is 10.1 Å². The first-order chi connectivity index (χ1) is 14.5. The van der Waals surface area contributed by atoms with Crippen LogP contribution in [-0.2, 0) is 4.79 Å². The van der Waals surface area contributed by atoms with Crippen molar-refractivity contribution >= 4 is 28.3 Å². The van der Waals surface area contributed by atoms with Crippen LogP contribution in [0.1, 0.15) is 23.0 Å². The highest BCUT2D eigenvalue weighted by atomic mass is 19.1. The van der Waals surface area contributed by atoms with E-state index in [1.807, 2.05) is 0 Å². The fourth-order valence-corrected chi connectivity index (χ4v) is 3.06. The Hall–Kier alpha value is -3.93. The van der Waals surface area contributed by atoms with Crippen molar-refractivity contribution in [3.05, 3.63) is 96.0 Å². The molecule has 0 bridgehead atoms. The second-order valence-electron chi connectivity index (χ2n) is 6.68. The van der Waals surface area contributed by atoms with Gasteiger partial charge in [-0.3, -0.25) is 9.59 Å². The predicted molar refractivity (Wildman–Crippen MR) is 111 cm³/mol. The normalized spacial score (nSPS) is 11.8. The molecule has 0 aliphatic heterocycles. The molecule has 1 aromatic heterocycles. The maximum atomic E-state index is 13.8. The monoisotopic (exact) mass is 403 g/mol. The molecule has 4 rings (SSSR count). The third-order valence-electron chi connectivity index (χ3n) is 4.60. The maximum Gasteiger partial charge on any atom is 0.265 e. The summed E-state index contributed by atoms with van der Waals surface area (Å²) >= 11 is 0. The number of para-hydroxylation sites is 2. The zero-order valence-electron chi connectivity index (χ0n) is 16.1. The number of furan rings is 1. The Labute approximate surface area is 172 Å². The Morgan fingerprint density at radius 2 is 1.60 bits per heavy atom. The minimum atomic E-state index is -1.00. The number of carbonyl (C=O) groups excluding carboxylic acids is 2. The van der Waals surface area contributed by atoms with Crippen molar-refractivity contribution in [3.8, 4) is 5.75 Å². The van der Waals surface area contributed by atoms with Crippen LogP contribution in [0.3, 0.4) is 0 Å². The molecule has 3 aromatic carbocycles. The molecule has 0 aliphatic rings. The summed E-state index contributed by atoms with van der Waals surface area (Å²) in [4.78, 5) is 25.8. The predicted octanol–water partition coefficient (Wildman–Crippen LogP) is 5.21. The summed E-state index contributed by atoms with van der Waals surface area (Å²) < 4.78 is 25.1. The van der Waals surface area contributed by atoms with Gasteiger partial charge in [0.05, 0.1) is 5.69 Å². The summed E-state index contributed by atoms with van der Waals surface area (Å²) in [6.07, 6.45) is -1.00. The lowest BCUT2D eigenvalue weighted by Crippen LogP contribution is -2.30. The zero-order chi connectivity index (χ0) is 21.1. The third kappa shape index (κ3) is 3.80. The van der Waals surface area contributed by atoms with Crippen LogP contribution >= 0.6 is 0 Å². The minimum Gasteiger partial charge on any atom is -0.478 e. The van der Waals surface area contributed by atoms with E-state index < -0.39 is 17.8 Å². The SMILES string of the molecule is CC(Oc1ccccc1F)C(=O)Nc1c(C(=O)c2ccccc2)oc2ccccc12. The van der Waals surface area contributed by atoms with Crippen LogP contribution in [0.5, 0.6) is 5.75 Å². The van der Waals surface area contributed by atoms with Gasteiger partial charge >= 0.3 is 0 Å². The van der Waals surface area contributed by atoms with Crippen molar-refractivity contribution in [1.29, 1.82) is 0 Å². The van der Waals surface area contributed by atoms with Crippen LogP contribution in [0.2, 0.25) is 0 Å². The molecule has 1 heterocycles. The molecule has 6 heteroatoms. The molecule has 0 saturated heterocycles. The van der Waals surface area contributed by atoms with Gasteiger partial charge in [0.1, 0.15) is 5.58 Å². The molecule has 1 amide bonds. The van der Waals surface area contributed by atoms with E-state index in [4.69, 9.17) is 9.15 Å². The van der Waals surface area contributed by atoms with E-state index in [0.717, 1.165) is 0 Å². The molecule has 150 valence electrons. The molecular formula is C24H18FNO4. The molecule has 5 nitrogen and oxygen atoms in total. The maximum absolute atomic E-state index is 13.8. The average Bonchev–Trinajstić information content (AvgIpc) is 3.13. The largest absolute Gasteiger partial charge is 0.478 e. The van der Waals surface area contributed by atoms with Crippen LogP contribution in [-0.4, -0.2) is 17.8 Å². The topological polar surface area (TPSA) is 68.5 Å². The highest BCUT2D eigenvalue weighted by Gasteiger charge is 2.25. The van der Waals surface area contributed by atoms with Gasteiger partial charge in [-0.1, -0.05) is 54.6 Å². The smallest absolute Gasteiger partial charge is 0.265 e. The molecule has 1 unspecified atom stereocenters. The Morgan fingerprint density at radius 1 is 0.933 bits per heavy atom. The van der Waals surface area contributed by atoms with Crippen molar-refractivity contribution in [2.45, 2.75) is 13.0 Å². The van der Waals surface area contributed by atoms with Crippen LogP contribution in [0.15, 0.2) is 83.3 Å². The summed E-state index contributed by atoms with van der Waals surface area (Å²) in [7, 11) is 0. The van der Waals surface area contributed by atoms with Gasteiger partial charge in [-0.25, -0.2) is 4.39 Å². The number of rotatable bonds is 6. The molecule has 0 spiro atoms. The minimum absolute atomic E-state index is 0.0221. The lowest BCUT2D eigenvalue weighted by molar-refractivity contribution is -0.122. The number of anilines is 1. The summed E-state index contributed by atoms with van der Waals surface area (Å²) in [5, 5.41) is 3.31. The average molecular weight is 403 g/mol. The molecular weight excluding hydrogens is 385 g/mol. The van der Waals surface area contributed by atoms with Crippen molar-refractivity contribution in [2.75, 3.05) is 5.32 Å². The number of benzene rings is 3. The lowest BCUT2D eigenvalue weighted by Gasteiger charge is -2.15. The molecule has 30 heavy (non-hydrogen) atoms. The van der Waals surface area contributed by atoms with Gasteiger partial charge in [-0.2, -0.15) is 0 Å². The fourth-order valence-electron chi connectivity index (χ4n) is 3.06. The van der Waals surface area contributed by atoms with Crippen molar-refractivity contribution in [2.24, 2.45) is 0 Å². The van der Waals surface area contributed by atoms with Crippen LogP contribution < -0.4 is 10.1 Å². The fraction of sp³-hybridized carbons (Fsp3) is 0.0833. The van der Waals surface area contributed by atoms with Gasteiger partial charge in [0.15, 0.2) is 23.4 Å². The summed E-state index contributed by atoms with van der Waals surface area (Å²) in [6.45, 7) is 1.50. The summed E-state index contributed by atoms with van der Waals surface area (Å²) in [5.41, 5.74) is 1.16. The second-order valence-corrected chi connectivity index (χ2v) is 6.68. The molecule has 0 saturated carbocycles. The molecule has 0 aliphatic carbocycles. The van der Waals surface area contributed by atoms with E-state index in [0.29, 0.717) is 16.5 Å². The van der Waals surface area contributed by atoms with E-state index >= 15 is 0 Å². The van der Waals surface area contributed by atoms with E-state index in [9.17, 15) is 14.0 Å². The molecule has 0 fully saturated rings. The van der Waals surface area contributed by atoms with Gasteiger partial charge in [-0.05, 0) is 31.2 Å². The Morgan fingerprint density at radius 3 is 2.37 bits per heavy atom. The van der Waals surface area contributed by atoms with E-state index in [2.05, 4.69) is 5.32 Å². The van der Waals surface area contributed by atoms with Crippen LogP contribution in [0.25, 0.3) is 11.0 Å². The third-order valence-corrected chi connectivity index (χ3v) is 4.60. The van der Waals surface area contributed by atoms with Gasteiger partial charge in [0.25, 0.3) is 5.91 Å². The highest BCUT2D eigenvalue weighted by Crippen LogP contribution is 2.32. The van der Waals surface area contributed by atoms with Crippen molar-refractivity contribution in [1.82, 2.24) is 0 Å². The number of nitrogens with one attached hydrogen (secondary N) is 1. The van der Waals surface area contributed by atoms with Gasteiger partial charge < -0.3 is 14.5 Å². The number of fused-ring (bicyclic) bond motifs is 1.